The molecule has 76 valence electrons. The van der Waals surface area contributed by atoms with Crippen LogP contribution in [0.2, 0.25) is 0 Å². The van der Waals surface area contributed by atoms with Crippen LogP contribution in [0.5, 0.6) is 0 Å². The molecule has 1 atom stereocenters. The van der Waals surface area contributed by atoms with Gasteiger partial charge < -0.3 is 4.79 Å². The summed E-state index contributed by atoms with van der Waals surface area (Å²) in [7, 11) is 0. The van der Waals surface area contributed by atoms with Gasteiger partial charge in [-0.25, -0.2) is 8.78 Å². The smallest absolute Gasteiger partial charge is 0.265 e. The van der Waals surface area contributed by atoms with Crippen LogP contribution >= 0.6 is 12.6 Å². The minimum atomic E-state index is -2.60. The number of benzene rings is 1. The molecule has 1 aromatic rings. The quantitative estimate of drug-likeness (QED) is 0.606. The van der Waals surface area contributed by atoms with Crippen LogP contribution in [-0.2, 0) is 4.79 Å². The van der Waals surface area contributed by atoms with Crippen molar-refractivity contribution >= 4 is 18.9 Å². The molecule has 0 fully saturated rings. The number of halogens is 2. The first kappa shape index (κ1) is 11.2. The fraction of sp³-hybridized carbons (Fsp3) is 0.300. The summed E-state index contributed by atoms with van der Waals surface area (Å²) in [6.07, 6.45) is -1.95. The Hall–Kier alpha value is -0.900. The van der Waals surface area contributed by atoms with E-state index in [0.717, 1.165) is 0 Å². The summed E-state index contributed by atoms with van der Waals surface area (Å²) in [5.74, 6) is -0.522. The highest BCUT2D eigenvalue weighted by Gasteiger charge is 2.19. The molecule has 0 aromatic heterocycles. The standard InChI is InChI=1S/C10H10F2OS/c1-6(5-13)7-3-2-4-8(14)9(7)10(11)12/h2-6,10,14H,1H3. The first-order valence-electron chi connectivity index (χ1n) is 4.13. The minimum Gasteiger partial charge on any atom is -0.303 e. The maximum absolute atomic E-state index is 12.6. The maximum atomic E-state index is 12.6. The number of rotatable bonds is 3. The molecule has 0 radical (unpaired) electrons. The molecule has 0 saturated heterocycles. The second-order valence-corrected chi connectivity index (χ2v) is 3.49. The van der Waals surface area contributed by atoms with Crippen LogP contribution in [0, 0.1) is 0 Å². The van der Waals surface area contributed by atoms with E-state index in [1.807, 2.05) is 0 Å². The molecule has 0 amide bonds. The normalized spacial score (nSPS) is 12.9. The van der Waals surface area contributed by atoms with E-state index < -0.39 is 12.3 Å². The Morgan fingerprint density at radius 2 is 2.07 bits per heavy atom. The van der Waals surface area contributed by atoms with E-state index in [1.165, 1.54) is 12.1 Å². The summed E-state index contributed by atoms with van der Waals surface area (Å²) in [5.41, 5.74) is 0.206. The lowest BCUT2D eigenvalue weighted by molar-refractivity contribution is -0.108. The van der Waals surface area contributed by atoms with Gasteiger partial charge in [-0.3, -0.25) is 0 Å². The molecule has 4 heteroatoms. The van der Waals surface area contributed by atoms with Gasteiger partial charge in [-0.1, -0.05) is 19.1 Å². The summed E-state index contributed by atoms with van der Waals surface area (Å²) >= 11 is 3.94. The van der Waals surface area contributed by atoms with E-state index in [9.17, 15) is 13.6 Å². The summed E-state index contributed by atoms with van der Waals surface area (Å²) in [6.45, 7) is 1.58. The van der Waals surface area contributed by atoms with E-state index in [4.69, 9.17) is 0 Å². The molecule has 14 heavy (non-hydrogen) atoms. The van der Waals surface area contributed by atoms with Crippen LogP contribution in [0.4, 0.5) is 8.78 Å². The van der Waals surface area contributed by atoms with Crippen molar-refractivity contribution in [3.8, 4) is 0 Å². The number of hydrogen-bond donors (Lipinski definition) is 1. The molecule has 1 rings (SSSR count). The topological polar surface area (TPSA) is 17.1 Å². The van der Waals surface area contributed by atoms with Gasteiger partial charge in [-0.05, 0) is 11.6 Å². The lowest BCUT2D eigenvalue weighted by Crippen LogP contribution is -2.01. The molecule has 0 aliphatic rings. The van der Waals surface area contributed by atoms with Gasteiger partial charge >= 0.3 is 0 Å². The van der Waals surface area contributed by atoms with Crippen molar-refractivity contribution in [2.75, 3.05) is 0 Å². The van der Waals surface area contributed by atoms with E-state index >= 15 is 0 Å². The fourth-order valence-electron chi connectivity index (χ4n) is 1.28. The van der Waals surface area contributed by atoms with Crippen molar-refractivity contribution in [2.45, 2.75) is 24.2 Å². The molecule has 1 nitrogen and oxygen atoms in total. The van der Waals surface area contributed by atoms with Gasteiger partial charge in [0.25, 0.3) is 6.43 Å². The average molecular weight is 216 g/mol. The van der Waals surface area contributed by atoms with Gasteiger partial charge in [0.2, 0.25) is 0 Å². The number of carbonyl (C=O) groups excluding carboxylic acids is 1. The molecule has 0 N–H and O–H groups in total. The third-order valence-electron chi connectivity index (χ3n) is 2.03. The van der Waals surface area contributed by atoms with Crippen LogP contribution in [0.15, 0.2) is 23.1 Å². The van der Waals surface area contributed by atoms with Gasteiger partial charge in [0.05, 0.1) is 0 Å². The number of alkyl halides is 2. The maximum Gasteiger partial charge on any atom is 0.265 e. The molecule has 0 heterocycles. The van der Waals surface area contributed by atoms with Crippen LogP contribution in [-0.4, -0.2) is 6.29 Å². The van der Waals surface area contributed by atoms with Crippen LogP contribution < -0.4 is 0 Å². The lowest BCUT2D eigenvalue weighted by Gasteiger charge is -2.12. The van der Waals surface area contributed by atoms with Crippen molar-refractivity contribution in [1.29, 1.82) is 0 Å². The van der Waals surface area contributed by atoms with Crippen molar-refractivity contribution in [2.24, 2.45) is 0 Å². The SMILES string of the molecule is CC(C=O)c1cccc(S)c1C(F)F. The number of aldehydes is 1. The second kappa shape index (κ2) is 4.55. The first-order chi connectivity index (χ1) is 6.57. The van der Waals surface area contributed by atoms with Gasteiger partial charge in [0.15, 0.2) is 0 Å². The summed E-state index contributed by atoms with van der Waals surface area (Å²) in [5, 5.41) is 0. The van der Waals surface area contributed by atoms with Gasteiger partial charge in [-0.2, -0.15) is 0 Å². The second-order valence-electron chi connectivity index (χ2n) is 3.01. The van der Waals surface area contributed by atoms with Crippen molar-refractivity contribution in [3.63, 3.8) is 0 Å². The Kier molecular flexibility index (Phi) is 3.63. The van der Waals surface area contributed by atoms with E-state index in [2.05, 4.69) is 12.6 Å². The van der Waals surface area contributed by atoms with E-state index in [1.54, 1.807) is 13.0 Å². The van der Waals surface area contributed by atoms with Crippen LogP contribution in [0.25, 0.3) is 0 Å². The van der Waals surface area contributed by atoms with Crippen molar-refractivity contribution < 1.29 is 13.6 Å². The minimum absolute atomic E-state index is 0.143. The molecule has 1 unspecified atom stereocenters. The average Bonchev–Trinajstić information content (AvgIpc) is 2.15. The Morgan fingerprint density at radius 3 is 2.57 bits per heavy atom. The predicted molar refractivity (Wildman–Crippen MR) is 53.1 cm³/mol. The van der Waals surface area contributed by atoms with Crippen LogP contribution in [0.1, 0.15) is 30.4 Å². The Labute approximate surface area is 86.5 Å². The fourth-order valence-corrected chi connectivity index (χ4v) is 1.59. The zero-order valence-electron chi connectivity index (χ0n) is 7.58. The zero-order valence-corrected chi connectivity index (χ0v) is 8.47. The molecule has 0 saturated carbocycles. The molecule has 0 aliphatic carbocycles. The third-order valence-corrected chi connectivity index (χ3v) is 2.42. The summed E-state index contributed by atoms with van der Waals surface area (Å²) in [6, 6.07) is 4.63. The van der Waals surface area contributed by atoms with E-state index in [-0.39, 0.29) is 10.5 Å². The van der Waals surface area contributed by atoms with Gasteiger partial charge in [0.1, 0.15) is 6.29 Å². The first-order valence-corrected chi connectivity index (χ1v) is 4.58. The Bertz CT molecular complexity index is 339. The van der Waals surface area contributed by atoms with Crippen molar-refractivity contribution in [3.05, 3.63) is 29.3 Å². The van der Waals surface area contributed by atoms with Crippen molar-refractivity contribution in [1.82, 2.24) is 0 Å². The molecular weight excluding hydrogens is 206 g/mol. The molecule has 0 aliphatic heterocycles. The number of hydrogen-bond acceptors (Lipinski definition) is 2. The predicted octanol–water partition coefficient (Wildman–Crippen LogP) is 3.22. The van der Waals surface area contributed by atoms with Crippen LogP contribution in [0.3, 0.4) is 0 Å². The largest absolute Gasteiger partial charge is 0.303 e. The highest BCUT2D eigenvalue weighted by molar-refractivity contribution is 7.80. The van der Waals surface area contributed by atoms with Gasteiger partial charge in [-0.15, -0.1) is 12.6 Å². The number of thiol groups is 1. The Balaban J connectivity index is 3.27. The molecular formula is C10H10F2OS. The highest BCUT2D eigenvalue weighted by Crippen LogP contribution is 2.32. The number of carbonyl (C=O) groups is 1. The summed E-state index contributed by atoms with van der Waals surface area (Å²) < 4.78 is 25.2. The Morgan fingerprint density at radius 1 is 1.43 bits per heavy atom. The molecule has 0 spiro atoms. The molecule has 0 bridgehead atoms. The monoisotopic (exact) mass is 216 g/mol. The van der Waals surface area contributed by atoms with Gasteiger partial charge in [0, 0.05) is 16.4 Å². The zero-order chi connectivity index (χ0) is 10.7. The van der Waals surface area contributed by atoms with E-state index in [0.29, 0.717) is 11.8 Å². The lowest BCUT2D eigenvalue weighted by atomic mass is 9.97. The molecule has 1 aromatic carbocycles. The third kappa shape index (κ3) is 2.12. The highest BCUT2D eigenvalue weighted by atomic mass is 32.1. The summed E-state index contributed by atoms with van der Waals surface area (Å²) in [4.78, 5) is 10.7.